The van der Waals surface area contributed by atoms with Crippen LogP contribution in [0.3, 0.4) is 0 Å². The SMILES string of the molecule is OC1(CC2CCCN2Cc2ccccc2)CCNCC1. The summed E-state index contributed by atoms with van der Waals surface area (Å²) in [5.74, 6) is 0. The van der Waals surface area contributed by atoms with E-state index in [1.165, 1.54) is 24.9 Å². The van der Waals surface area contributed by atoms with Gasteiger partial charge in [-0.3, -0.25) is 4.90 Å². The second kappa shape index (κ2) is 6.25. The van der Waals surface area contributed by atoms with Crippen molar-refractivity contribution in [3.05, 3.63) is 35.9 Å². The van der Waals surface area contributed by atoms with Crippen molar-refractivity contribution >= 4 is 0 Å². The molecule has 1 aromatic rings. The number of piperidine rings is 1. The summed E-state index contributed by atoms with van der Waals surface area (Å²) in [5, 5.41) is 14.1. The fourth-order valence-corrected chi connectivity index (χ4v) is 3.69. The smallest absolute Gasteiger partial charge is 0.0686 e. The zero-order valence-electron chi connectivity index (χ0n) is 12.2. The minimum atomic E-state index is -0.435. The number of nitrogens with zero attached hydrogens (tertiary/aromatic N) is 1. The zero-order valence-corrected chi connectivity index (χ0v) is 12.2. The van der Waals surface area contributed by atoms with Gasteiger partial charge < -0.3 is 10.4 Å². The maximum Gasteiger partial charge on any atom is 0.0686 e. The van der Waals surface area contributed by atoms with Gasteiger partial charge in [0.2, 0.25) is 0 Å². The van der Waals surface area contributed by atoms with Gasteiger partial charge in [0.1, 0.15) is 0 Å². The predicted octanol–water partition coefficient (Wildman–Crippen LogP) is 2.16. The minimum absolute atomic E-state index is 0.435. The van der Waals surface area contributed by atoms with E-state index in [-0.39, 0.29) is 0 Å². The van der Waals surface area contributed by atoms with Crippen molar-refractivity contribution in [1.29, 1.82) is 0 Å². The average Bonchev–Trinajstić information content (AvgIpc) is 2.87. The summed E-state index contributed by atoms with van der Waals surface area (Å²) in [5.41, 5.74) is 0.951. The van der Waals surface area contributed by atoms with E-state index in [9.17, 15) is 5.11 Å². The van der Waals surface area contributed by atoms with Crippen LogP contribution in [0, 0.1) is 0 Å². The average molecular weight is 274 g/mol. The first kappa shape index (κ1) is 14.1. The Kier molecular flexibility index (Phi) is 4.39. The molecule has 2 saturated heterocycles. The summed E-state index contributed by atoms with van der Waals surface area (Å²) >= 11 is 0. The molecule has 3 nitrogen and oxygen atoms in total. The standard InChI is InChI=1S/C17H26N2O/c20-17(8-10-18-11-9-17)13-16-7-4-12-19(16)14-15-5-2-1-3-6-15/h1-3,5-6,16,18,20H,4,7-14H2. The number of rotatable bonds is 4. The van der Waals surface area contributed by atoms with Crippen LogP contribution in [0.15, 0.2) is 30.3 Å². The first-order valence-electron chi connectivity index (χ1n) is 7.96. The van der Waals surface area contributed by atoms with E-state index in [0.717, 1.165) is 38.9 Å². The molecule has 0 radical (unpaired) electrons. The maximum absolute atomic E-state index is 10.7. The van der Waals surface area contributed by atoms with Gasteiger partial charge in [-0.15, -0.1) is 0 Å². The normalized spacial score (nSPS) is 26.8. The van der Waals surface area contributed by atoms with E-state index < -0.39 is 5.60 Å². The first-order valence-corrected chi connectivity index (χ1v) is 7.96. The molecule has 2 heterocycles. The van der Waals surface area contributed by atoms with Crippen molar-refractivity contribution in [3.8, 4) is 0 Å². The van der Waals surface area contributed by atoms with E-state index in [1.54, 1.807) is 0 Å². The molecule has 110 valence electrons. The summed E-state index contributed by atoms with van der Waals surface area (Å²) in [6, 6.07) is 11.3. The topological polar surface area (TPSA) is 35.5 Å². The highest BCUT2D eigenvalue weighted by Gasteiger charge is 2.35. The lowest BCUT2D eigenvalue weighted by Crippen LogP contribution is -2.46. The summed E-state index contributed by atoms with van der Waals surface area (Å²) in [4.78, 5) is 2.56. The number of aliphatic hydroxyl groups is 1. The molecule has 3 rings (SSSR count). The molecule has 1 unspecified atom stereocenters. The maximum atomic E-state index is 10.7. The van der Waals surface area contributed by atoms with Gasteiger partial charge in [0.15, 0.2) is 0 Å². The molecule has 20 heavy (non-hydrogen) atoms. The van der Waals surface area contributed by atoms with Crippen LogP contribution in [-0.4, -0.2) is 41.3 Å². The lowest BCUT2D eigenvalue weighted by Gasteiger charge is -2.37. The summed E-state index contributed by atoms with van der Waals surface area (Å²) in [7, 11) is 0. The monoisotopic (exact) mass is 274 g/mol. The van der Waals surface area contributed by atoms with Crippen molar-refractivity contribution in [1.82, 2.24) is 10.2 Å². The highest BCUT2D eigenvalue weighted by molar-refractivity contribution is 5.15. The Bertz CT molecular complexity index is 414. The van der Waals surface area contributed by atoms with Gasteiger partial charge in [-0.25, -0.2) is 0 Å². The van der Waals surface area contributed by atoms with Gasteiger partial charge in [-0.2, -0.15) is 0 Å². The van der Waals surface area contributed by atoms with Gasteiger partial charge in [-0.05, 0) is 57.3 Å². The van der Waals surface area contributed by atoms with Crippen LogP contribution < -0.4 is 5.32 Å². The lowest BCUT2D eigenvalue weighted by molar-refractivity contribution is -0.0174. The molecule has 2 aliphatic heterocycles. The highest BCUT2D eigenvalue weighted by Crippen LogP contribution is 2.31. The molecule has 2 aliphatic rings. The van der Waals surface area contributed by atoms with E-state index in [1.807, 2.05) is 0 Å². The third-order valence-electron chi connectivity index (χ3n) is 4.88. The summed E-state index contributed by atoms with van der Waals surface area (Å²) < 4.78 is 0. The Morgan fingerprint density at radius 1 is 1.20 bits per heavy atom. The van der Waals surface area contributed by atoms with Gasteiger partial charge in [0.25, 0.3) is 0 Å². The number of nitrogens with one attached hydrogen (secondary N) is 1. The highest BCUT2D eigenvalue weighted by atomic mass is 16.3. The van der Waals surface area contributed by atoms with Crippen molar-refractivity contribution in [3.63, 3.8) is 0 Å². The lowest BCUT2D eigenvalue weighted by atomic mass is 9.85. The molecule has 1 aromatic carbocycles. The van der Waals surface area contributed by atoms with Gasteiger partial charge in [0, 0.05) is 12.6 Å². The Balaban J connectivity index is 1.60. The predicted molar refractivity (Wildman–Crippen MR) is 81.5 cm³/mol. The Hall–Kier alpha value is -0.900. The van der Waals surface area contributed by atoms with E-state index in [4.69, 9.17) is 0 Å². The van der Waals surface area contributed by atoms with Gasteiger partial charge in [-0.1, -0.05) is 30.3 Å². The molecule has 0 bridgehead atoms. The van der Waals surface area contributed by atoms with E-state index >= 15 is 0 Å². The molecule has 0 saturated carbocycles. The van der Waals surface area contributed by atoms with Crippen LogP contribution >= 0.6 is 0 Å². The summed E-state index contributed by atoms with van der Waals surface area (Å²) in [6.45, 7) is 4.12. The van der Waals surface area contributed by atoms with Crippen LogP contribution in [-0.2, 0) is 6.54 Å². The van der Waals surface area contributed by atoms with Crippen molar-refractivity contribution in [2.75, 3.05) is 19.6 Å². The van der Waals surface area contributed by atoms with Gasteiger partial charge >= 0.3 is 0 Å². The molecule has 1 atom stereocenters. The second-order valence-electron chi connectivity index (χ2n) is 6.43. The zero-order chi connectivity index (χ0) is 13.8. The number of hydrogen-bond donors (Lipinski definition) is 2. The van der Waals surface area contributed by atoms with Crippen LogP contribution in [0.5, 0.6) is 0 Å². The quantitative estimate of drug-likeness (QED) is 0.883. The number of benzene rings is 1. The van der Waals surface area contributed by atoms with Crippen molar-refractivity contribution < 1.29 is 5.11 Å². The molecule has 2 fully saturated rings. The summed E-state index contributed by atoms with van der Waals surface area (Å²) in [6.07, 6.45) is 5.27. The van der Waals surface area contributed by atoms with E-state index in [0.29, 0.717) is 6.04 Å². The Morgan fingerprint density at radius 2 is 1.95 bits per heavy atom. The Labute approximate surface area is 122 Å². The Morgan fingerprint density at radius 3 is 2.70 bits per heavy atom. The molecular formula is C17H26N2O. The molecule has 0 amide bonds. The van der Waals surface area contributed by atoms with Crippen LogP contribution in [0.25, 0.3) is 0 Å². The fourth-order valence-electron chi connectivity index (χ4n) is 3.69. The van der Waals surface area contributed by atoms with E-state index in [2.05, 4.69) is 40.5 Å². The molecule has 2 N–H and O–H groups in total. The molecule has 0 aliphatic carbocycles. The third-order valence-corrected chi connectivity index (χ3v) is 4.88. The second-order valence-corrected chi connectivity index (χ2v) is 6.43. The van der Waals surface area contributed by atoms with Crippen LogP contribution in [0.1, 0.15) is 37.7 Å². The largest absolute Gasteiger partial charge is 0.390 e. The van der Waals surface area contributed by atoms with Crippen molar-refractivity contribution in [2.24, 2.45) is 0 Å². The molecular weight excluding hydrogens is 248 g/mol. The minimum Gasteiger partial charge on any atom is -0.390 e. The third kappa shape index (κ3) is 3.40. The molecule has 0 aromatic heterocycles. The van der Waals surface area contributed by atoms with Crippen LogP contribution in [0.2, 0.25) is 0 Å². The first-order chi connectivity index (χ1) is 9.75. The molecule has 3 heteroatoms. The fraction of sp³-hybridized carbons (Fsp3) is 0.647. The van der Waals surface area contributed by atoms with Crippen LogP contribution in [0.4, 0.5) is 0 Å². The van der Waals surface area contributed by atoms with Gasteiger partial charge in [0.05, 0.1) is 5.60 Å². The van der Waals surface area contributed by atoms with Crippen molar-refractivity contribution in [2.45, 2.75) is 50.3 Å². The number of hydrogen-bond acceptors (Lipinski definition) is 3. The molecule has 0 spiro atoms. The number of likely N-dealkylation sites (tertiary alicyclic amines) is 1.